The molecule has 0 spiro atoms. The van der Waals surface area contributed by atoms with E-state index in [2.05, 4.69) is 5.32 Å². The van der Waals surface area contributed by atoms with E-state index in [4.69, 9.17) is 4.74 Å². The molecule has 0 heterocycles. The third-order valence-corrected chi connectivity index (χ3v) is 6.88. The summed E-state index contributed by atoms with van der Waals surface area (Å²) in [7, 11) is 0. The van der Waals surface area contributed by atoms with Crippen LogP contribution in [-0.2, 0) is 14.3 Å². The summed E-state index contributed by atoms with van der Waals surface area (Å²) < 4.78 is 5.33. The molecule has 0 saturated heterocycles. The topological polar surface area (TPSA) is 119 Å². The zero-order valence-electron chi connectivity index (χ0n) is 16.7. The quantitative estimate of drug-likeness (QED) is 0.444. The number of rotatable bonds is 5. The number of aliphatic hydroxyl groups is 1. The van der Waals surface area contributed by atoms with Crippen molar-refractivity contribution in [3.05, 3.63) is 33.4 Å². The molecule has 4 saturated carbocycles. The summed E-state index contributed by atoms with van der Waals surface area (Å²) in [5.41, 5.74) is -0.0401. The minimum Gasteiger partial charge on any atom is -0.455 e. The van der Waals surface area contributed by atoms with Crippen LogP contribution in [0.3, 0.4) is 0 Å². The van der Waals surface area contributed by atoms with Crippen molar-refractivity contribution in [2.24, 2.45) is 17.3 Å². The number of esters is 1. The van der Waals surface area contributed by atoms with Crippen molar-refractivity contribution >= 4 is 23.3 Å². The Kier molecular flexibility index (Phi) is 4.64. The van der Waals surface area contributed by atoms with E-state index in [9.17, 15) is 24.8 Å². The van der Waals surface area contributed by atoms with Crippen LogP contribution in [-0.4, -0.2) is 34.1 Å². The first-order valence-electron chi connectivity index (χ1n) is 10.0. The number of nitrogens with zero attached hydrogens (tertiary/aromatic N) is 1. The van der Waals surface area contributed by atoms with E-state index < -0.39 is 34.4 Å². The first-order valence-corrected chi connectivity index (χ1v) is 10.0. The average molecular weight is 402 g/mol. The second-order valence-electron chi connectivity index (χ2n) is 9.30. The molecular weight excluding hydrogens is 376 g/mol. The van der Waals surface area contributed by atoms with E-state index in [1.807, 2.05) is 0 Å². The van der Waals surface area contributed by atoms with Crippen molar-refractivity contribution in [3.8, 4) is 0 Å². The maximum absolute atomic E-state index is 12.8. The van der Waals surface area contributed by atoms with Gasteiger partial charge in [0, 0.05) is 6.07 Å². The first kappa shape index (κ1) is 19.8. The van der Waals surface area contributed by atoms with Gasteiger partial charge in [0.25, 0.3) is 11.6 Å². The van der Waals surface area contributed by atoms with Crippen LogP contribution in [0.1, 0.15) is 49.7 Å². The van der Waals surface area contributed by atoms with E-state index in [-0.39, 0.29) is 11.4 Å². The molecular formula is C21H26N2O6. The van der Waals surface area contributed by atoms with Crippen LogP contribution < -0.4 is 5.32 Å². The van der Waals surface area contributed by atoms with Crippen LogP contribution in [0, 0.1) is 41.2 Å². The number of hydrogen-bond acceptors (Lipinski definition) is 6. The highest BCUT2D eigenvalue weighted by Gasteiger charge is 2.60. The van der Waals surface area contributed by atoms with Crippen molar-refractivity contribution in [1.29, 1.82) is 0 Å². The SMILES string of the molecule is Cc1cc(NC(=O)COC(=O)C23C[C@@H]4C[C@@H](CC(O)(C4)C2)C3)c([N+](=O)[O-])cc1C. The Hall–Kier alpha value is -2.48. The zero-order chi connectivity index (χ0) is 21.0. The molecule has 1 aromatic rings. The second kappa shape index (κ2) is 6.79. The van der Waals surface area contributed by atoms with Crippen LogP contribution in [0.15, 0.2) is 12.1 Å². The number of carbonyl (C=O) groups is 2. The molecule has 5 rings (SSSR count). The van der Waals surface area contributed by atoms with Crippen molar-refractivity contribution < 1.29 is 24.4 Å². The standard InChI is InChI=1S/C21H26N2O6/c1-12-3-16(17(23(27)28)4-13(12)2)22-18(24)10-29-19(25)20-6-14-5-15(7-20)9-21(26,8-14)11-20/h3-4,14-15,26H,5-11H2,1-2H3,(H,22,24)/t14-,15+,20?,21?. The third kappa shape index (κ3) is 3.61. The van der Waals surface area contributed by atoms with Gasteiger partial charge in [-0.1, -0.05) is 0 Å². The maximum Gasteiger partial charge on any atom is 0.312 e. The Morgan fingerprint density at radius 3 is 2.41 bits per heavy atom. The number of nitro groups is 1. The number of benzene rings is 1. The molecule has 2 unspecified atom stereocenters. The van der Waals surface area contributed by atoms with Gasteiger partial charge in [-0.3, -0.25) is 19.7 Å². The maximum atomic E-state index is 12.8. The van der Waals surface area contributed by atoms with Crippen LogP contribution in [0.5, 0.6) is 0 Å². The first-order chi connectivity index (χ1) is 13.6. The summed E-state index contributed by atoms with van der Waals surface area (Å²) in [6.07, 6.45) is 4.35. The molecule has 4 atom stereocenters. The predicted molar refractivity (Wildman–Crippen MR) is 104 cm³/mol. The van der Waals surface area contributed by atoms with E-state index in [0.29, 0.717) is 31.1 Å². The predicted octanol–water partition coefficient (Wildman–Crippen LogP) is 3.02. The Balaban J connectivity index is 1.41. The lowest BCUT2D eigenvalue weighted by Crippen LogP contribution is -2.58. The van der Waals surface area contributed by atoms with Gasteiger partial charge < -0.3 is 15.2 Å². The molecule has 4 aliphatic carbocycles. The van der Waals surface area contributed by atoms with Gasteiger partial charge in [-0.2, -0.15) is 0 Å². The van der Waals surface area contributed by atoms with Crippen LogP contribution >= 0.6 is 0 Å². The minimum absolute atomic E-state index is 0.0864. The van der Waals surface area contributed by atoms with Gasteiger partial charge in [0.2, 0.25) is 0 Å². The summed E-state index contributed by atoms with van der Waals surface area (Å²) in [6, 6.07) is 2.95. The van der Waals surface area contributed by atoms with Gasteiger partial charge in [-0.15, -0.1) is 0 Å². The van der Waals surface area contributed by atoms with Gasteiger partial charge in [0.15, 0.2) is 6.61 Å². The van der Waals surface area contributed by atoms with Gasteiger partial charge in [-0.05, 0) is 81.4 Å². The lowest BCUT2D eigenvalue weighted by Gasteiger charge is -2.58. The highest BCUT2D eigenvalue weighted by Crippen LogP contribution is 2.61. The molecule has 0 radical (unpaired) electrons. The van der Waals surface area contributed by atoms with Crippen molar-refractivity contribution in [1.82, 2.24) is 0 Å². The fourth-order valence-corrected chi connectivity index (χ4v) is 5.98. The summed E-state index contributed by atoms with van der Waals surface area (Å²) in [4.78, 5) is 35.9. The minimum atomic E-state index is -0.786. The molecule has 0 aliphatic heterocycles. The number of hydrogen-bond donors (Lipinski definition) is 2. The van der Waals surface area contributed by atoms with E-state index in [0.717, 1.165) is 30.4 Å². The lowest BCUT2D eigenvalue weighted by molar-refractivity contribution is -0.384. The van der Waals surface area contributed by atoms with E-state index in [1.54, 1.807) is 19.9 Å². The second-order valence-corrected chi connectivity index (χ2v) is 9.30. The Morgan fingerprint density at radius 1 is 1.21 bits per heavy atom. The largest absolute Gasteiger partial charge is 0.455 e. The fourth-order valence-electron chi connectivity index (χ4n) is 5.98. The Bertz CT molecular complexity index is 881. The summed E-state index contributed by atoms with van der Waals surface area (Å²) in [5, 5.41) is 24.5. The molecule has 2 N–H and O–H groups in total. The smallest absolute Gasteiger partial charge is 0.312 e. The number of nitro benzene ring substituents is 1. The van der Waals surface area contributed by atoms with Crippen LogP contribution in [0.25, 0.3) is 0 Å². The molecule has 1 amide bonds. The highest BCUT2D eigenvalue weighted by molar-refractivity contribution is 5.95. The normalized spacial score (nSPS) is 32.1. The fraction of sp³-hybridized carbons (Fsp3) is 0.619. The van der Waals surface area contributed by atoms with Crippen molar-refractivity contribution in [3.63, 3.8) is 0 Å². The Labute approximate surface area is 168 Å². The lowest BCUT2D eigenvalue weighted by atomic mass is 9.48. The molecule has 0 aromatic heterocycles. The van der Waals surface area contributed by atoms with Crippen molar-refractivity contribution in [2.45, 2.75) is 58.0 Å². The van der Waals surface area contributed by atoms with E-state index >= 15 is 0 Å². The molecule has 4 fully saturated rings. The number of nitrogens with one attached hydrogen (secondary N) is 1. The number of ether oxygens (including phenoxy) is 1. The summed E-state index contributed by atoms with van der Waals surface area (Å²) >= 11 is 0. The van der Waals surface area contributed by atoms with Gasteiger partial charge in [0.05, 0.1) is 15.9 Å². The van der Waals surface area contributed by atoms with Crippen LogP contribution in [0.4, 0.5) is 11.4 Å². The number of aryl methyl sites for hydroxylation is 2. The van der Waals surface area contributed by atoms with Crippen LogP contribution in [0.2, 0.25) is 0 Å². The molecule has 29 heavy (non-hydrogen) atoms. The van der Waals surface area contributed by atoms with E-state index in [1.165, 1.54) is 6.07 Å². The van der Waals surface area contributed by atoms with Crippen molar-refractivity contribution in [2.75, 3.05) is 11.9 Å². The summed E-state index contributed by atoms with van der Waals surface area (Å²) in [5.74, 6) is -0.385. The van der Waals surface area contributed by atoms with Gasteiger partial charge in [-0.25, -0.2) is 0 Å². The van der Waals surface area contributed by atoms with Gasteiger partial charge >= 0.3 is 5.97 Å². The molecule has 8 heteroatoms. The zero-order valence-corrected chi connectivity index (χ0v) is 16.7. The third-order valence-electron chi connectivity index (χ3n) is 6.88. The highest BCUT2D eigenvalue weighted by atomic mass is 16.6. The molecule has 8 nitrogen and oxygen atoms in total. The Morgan fingerprint density at radius 2 is 1.83 bits per heavy atom. The molecule has 1 aromatic carbocycles. The summed E-state index contributed by atoms with van der Waals surface area (Å²) in [6.45, 7) is 3.06. The average Bonchev–Trinajstić information content (AvgIpc) is 2.60. The number of carbonyl (C=O) groups excluding carboxylic acids is 2. The molecule has 4 bridgehead atoms. The van der Waals surface area contributed by atoms with Gasteiger partial charge in [0.1, 0.15) is 5.69 Å². The number of amides is 1. The number of anilines is 1. The molecule has 4 aliphatic rings. The monoisotopic (exact) mass is 402 g/mol. The molecule has 156 valence electrons.